The van der Waals surface area contributed by atoms with Crippen LogP contribution in [0.3, 0.4) is 0 Å². The van der Waals surface area contributed by atoms with Crippen LogP contribution in [0.15, 0.2) is 48.5 Å². The first-order valence-corrected chi connectivity index (χ1v) is 8.72. The van der Waals surface area contributed by atoms with Crippen molar-refractivity contribution in [1.29, 1.82) is 0 Å². The average Bonchev–Trinajstić information content (AvgIpc) is 2.60. The molecule has 122 valence electrons. The zero-order chi connectivity index (χ0) is 16.3. The lowest BCUT2D eigenvalue weighted by Crippen LogP contribution is -2.43. The molecule has 2 aromatic rings. The van der Waals surface area contributed by atoms with E-state index >= 15 is 0 Å². The molecule has 1 unspecified atom stereocenters. The van der Waals surface area contributed by atoms with Gasteiger partial charge in [-0.3, -0.25) is 0 Å². The van der Waals surface area contributed by atoms with Gasteiger partial charge in [0.1, 0.15) is 11.4 Å². The number of ether oxygens (including phenoxy) is 1. The van der Waals surface area contributed by atoms with Crippen LogP contribution in [0.1, 0.15) is 55.8 Å². The fraction of sp³-hybridized carbons (Fsp3) is 0.429. The summed E-state index contributed by atoms with van der Waals surface area (Å²) in [4.78, 5) is 0. The first-order chi connectivity index (χ1) is 11.2. The molecule has 3 rings (SSSR count). The number of aryl methyl sites for hydroxylation is 1. The molecule has 2 heteroatoms. The smallest absolute Gasteiger partial charge is 0.124 e. The van der Waals surface area contributed by atoms with Crippen molar-refractivity contribution in [3.63, 3.8) is 0 Å². The van der Waals surface area contributed by atoms with Gasteiger partial charge >= 0.3 is 0 Å². The van der Waals surface area contributed by atoms with Gasteiger partial charge in [-0.15, -0.1) is 0 Å². The maximum Gasteiger partial charge on any atom is 0.124 e. The molecule has 1 aliphatic rings. The molecular weight excluding hydrogens is 282 g/mol. The van der Waals surface area contributed by atoms with Gasteiger partial charge in [0, 0.05) is 24.6 Å². The Kier molecular flexibility index (Phi) is 4.72. The van der Waals surface area contributed by atoms with Gasteiger partial charge in [0.2, 0.25) is 0 Å². The lowest BCUT2D eigenvalue weighted by molar-refractivity contribution is 0.0225. The Morgan fingerprint density at radius 3 is 2.52 bits per heavy atom. The summed E-state index contributed by atoms with van der Waals surface area (Å²) < 4.78 is 6.42. The second kappa shape index (κ2) is 6.76. The van der Waals surface area contributed by atoms with Crippen molar-refractivity contribution < 1.29 is 4.74 Å². The Bertz CT molecular complexity index is 646. The fourth-order valence-electron chi connectivity index (χ4n) is 3.49. The van der Waals surface area contributed by atoms with Gasteiger partial charge < -0.3 is 10.1 Å². The fourth-order valence-corrected chi connectivity index (χ4v) is 3.49. The standard InChI is InChI=1S/C21H27NO/c1-4-21(5-2)14-19(22-15-17-9-7-6-8-10-17)18-13-16(3)11-12-20(18)23-21/h6-13,19,22H,4-5,14-15H2,1-3H3. The summed E-state index contributed by atoms with van der Waals surface area (Å²) in [5.74, 6) is 1.05. The van der Waals surface area contributed by atoms with Gasteiger partial charge in [-0.1, -0.05) is 61.9 Å². The Morgan fingerprint density at radius 2 is 1.83 bits per heavy atom. The Balaban J connectivity index is 1.86. The number of benzene rings is 2. The lowest BCUT2D eigenvalue weighted by Gasteiger charge is -2.42. The molecule has 2 nitrogen and oxygen atoms in total. The van der Waals surface area contributed by atoms with Crippen LogP contribution >= 0.6 is 0 Å². The van der Waals surface area contributed by atoms with Crippen molar-refractivity contribution in [1.82, 2.24) is 5.32 Å². The van der Waals surface area contributed by atoms with Gasteiger partial charge in [0.15, 0.2) is 0 Å². The Morgan fingerprint density at radius 1 is 1.09 bits per heavy atom. The molecule has 0 radical (unpaired) electrons. The van der Waals surface area contributed by atoms with Crippen molar-refractivity contribution >= 4 is 0 Å². The number of hydrogen-bond donors (Lipinski definition) is 1. The number of rotatable bonds is 5. The van der Waals surface area contributed by atoms with E-state index in [9.17, 15) is 0 Å². The van der Waals surface area contributed by atoms with Crippen molar-refractivity contribution in [3.8, 4) is 5.75 Å². The third-order valence-electron chi connectivity index (χ3n) is 5.13. The van der Waals surface area contributed by atoms with E-state index in [1.807, 2.05) is 0 Å². The molecule has 0 fully saturated rings. The van der Waals surface area contributed by atoms with Crippen molar-refractivity contribution in [2.75, 3.05) is 0 Å². The molecule has 0 aliphatic carbocycles. The van der Waals surface area contributed by atoms with E-state index in [4.69, 9.17) is 4.74 Å². The van der Waals surface area contributed by atoms with Crippen LogP contribution in [-0.2, 0) is 6.54 Å². The maximum atomic E-state index is 6.42. The summed E-state index contributed by atoms with van der Waals surface area (Å²) in [5.41, 5.74) is 3.88. The van der Waals surface area contributed by atoms with Gasteiger partial charge in [-0.2, -0.15) is 0 Å². The first-order valence-electron chi connectivity index (χ1n) is 8.72. The highest BCUT2D eigenvalue weighted by Crippen LogP contribution is 2.43. The summed E-state index contributed by atoms with van der Waals surface area (Å²) >= 11 is 0. The third-order valence-corrected chi connectivity index (χ3v) is 5.13. The maximum absolute atomic E-state index is 6.42. The molecule has 0 spiro atoms. The van der Waals surface area contributed by atoms with Crippen LogP contribution in [0.25, 0.3) is 0 Å². The second-order valence-electron chi connectivity index (χ2n) is 6.66. The summed E-state index contributed by atoms with van der Waals surface area (Å²) in [7, 11) is 0. The molecule has 0 bridgehead atoms. The van der Waals surface area contributed by atoms with Crippen LogP contribution in [0, 0.1) is 6.92 Å². The van der Waals surface area contributed by atoms with E-state index in [1.54, 1.807) is 0 Å². The molecular formula is C21H27NO. The monoisotopic (exact) mass is 309 g/mol. The van der Waals surface area contributed by atoms with E-state index in [0.717, 1.165) is 31.6 Å². The molecule has 2 aromatic carbocycles. The predicted molar refractivity (Wildman–Crippen MR) is 95.8 cm³/mol. The molecule has 23 heavy (non-hydrogen) atoms. The largest absolute Gasteiger partial charge is 0.487 e. The van der Waals surface area contributed by atoms with Crippen LogP contribution in [0.2, 0.25) is 0 Å². The highest BCUT2D eigenvalue weighted by atomic mass is 16.5. The van der Waals surface area contributed by atoms with Gasteiger partial charge in [0.05, 0.1) is 0 Å². The molecule has 0 amide bonds. The summed E-state index contributed by atoms with van der Waals surface area (Å²) in [6.45, 7) is 7.51. The van der Waals surface area contributed by atoms with E-state index < -0.39 is 0 Å². The predicted octanol–water partition coefficient (Wildman–Crippen LogP) is 5.17. The van der Waals surface area contributed by atoms with Gasteiger partial charge in [-0.25, -0.2) is 0 Å². The minimum Gasteiger partial charge on any atom is -0.487 e. The van der Waals surface area contributed by atoms with Crippen LogP contribution in [0.4, 0.5) is 0 Å². The van der Waals surface area contributed by atoms with Crippen LogP contribution in [0.5, 0.6) is 5.75 Å². The highest BCUT2D eigenvalue weighted by molar-refractivity contribution is 5.41. The normalized spacial score (nSPS) is 19.0. The van der Waals surface area contributed by atoms with Crippen molar-refractivity contribution in [2.24, 2.45) is 0 Å². The Labute approximate surface area is 139 Å². The Hall–Kier alpha value is -1.80. The average molecular weight is 309 g/mol. The highest BCUT2D eigenvalue weighted by Gasteiger charge is 2.38. The van der Waals surface area contributed by atoms with E-state index in [-0.39, 0.29) is 5.60 Å². The molecule has 0 aromatic heterocycles. The number of hydrogen-bond acceptors (Lipinski definition) is 2. The zero-order valence-corrected chi connectivity index (χ0v) is 14.4. The van der Waals surface area contributed by atoms with Crippen molar-refractivity contribution in [2.45, 2.75) is 58.2 Å². The number of nitrogens with one attached hydrogen (secondary N) is 1. The minimum atomic E-state index is -0.0450. The van der Waals surface area contributed by atoms with Crippen LogP contribution < -0.4 is 10.1 Å². The zero-order valence-electron chi connectivity index (χ0n) is 14.4. The molecule has 1 heterocycles. The number of fused-ring (bicyclic) bond motifs is 1. The first kappa shape index (κ1) is 16.1. The van der Waals surface area contributed by atoms with Gasteiger partial charge in [0.25, 0.3) is 0 Å². The van der Waals surface area contributed by atoms with Gasteiger partial charge in [-0.05, 0) is 31.4 Å². The molecule has 0 saturated carbocycles. The quantitative estimate of drug-likeness (QED) is 0.823. The summed E-state index contributed by atoms with van der Waals surface area (Å²) in [5, 5.41) is 3.76. The molecule has 0 saturated heterocycles. The SMILES string of the molecule is CCC1(CC)CC(NCc2ccccc2)c2cc(C)ccc2O1. The van der Waals surface area contributed by atoms with E-state index in [0.29, 0.717) is 6.04 Å². The second-order valence-corrected chi connectivity index (χ2v) is 6.66. The minimum absolute atomic E-state index is 0.0450. The van der Waals surface area contributed by atoms with E-state index in [2.05, 4.69) is 74.6 Å². The summed E-state index contributed by atoms with van der Waals surface area (Å²) in [6.07, 6.45) is 3.12. The molecule has 1 atom stereocenters. The topological polar surface area (TPSA) is 21.3 Å². The van der Waals surface area contributed by atoms with Crippen LogP contribution in [-0.4, -0.2) is 5.60 Å². The van der Waals surface area contributed by atoms with E-state index in [1.165, 1.54) is 16.7 Å². The molecule has 1 aliphatic heterocycles. The molecule has 1 N–H and O–H groups in total. The third kappa shape index (κ3) is 3.42. The van der Waals surface area contributed by atoms with Crippen molar-refractivity contribution in [3.05, 3.63) is 65.2 Å². The summed E-state index contributed by atoms with van der Waals surface area (Å²) in [6, 6.07) is 17.5. The lowest BCUT2D eigenvalue weighted by atomic mass is 9.83.